The van der Waals surface area contributed by atoms with E-state index in [4.69, 9.17) is 0 Å². The highest BCUT2D eigenvalue weighted by molar-refractivity contribution is 8.00. The number of halogens is 2. The van der Waals surface area contributed by atoms with Gasteiger partial charge in [-0.2, -0.15) is 5.10 Å². The summed E-state index contributed by atoms with van der Waals surface area (Å²) < 4.78 is 27.4. The van der Waals surface area contributed by atoms with Gasteiger partial charge < -0.3 is 10.2 Å². The highest BCUT2D eigenvalue weighted by Gasteiger charge is 2.28. The summed E-state index contributed by atoms with van der Waals surface area (Å²) in [7, 11) is 0. The molecule has 2 amide bonds. The van der Waals surface area contributed by atoms with Crippen LogP contribution in [0.25, 0.3) is 0 Å². The van der Waals surface area contributed by atoms with Gasteiger partial charge in [0.15, 0.2) is 0 Å². The predicted molar refractivity (Wildman–Crippen MR) is 96.8 cm³/mol. The summed E-state index contributed by atoms with van der Waals surface area (Å²) in [5, 5.41) is 6.19. The van der Waals surface area contributed by atoms with Crippen LogP contribution in [0, 0.1) is 11.6 Å². The lowest BCUT2D eigenvalue weighted by Gasteiger charge is -2.27. The Morgan fingerprint density at radius 3 is 2.85 bits per heavy atom. The van der Waals surface area contributed by atoms with Gasteiger partial charge in [-0.15, -0.1) is 18.3 Å². The molecular weight excluding hydrogens is 378 g/mol. The molecule has 0 unspecified atom stereocenters. The molecule has 1 aliphatic heterocycles. The standard InChI is InChI=1S/C17H14F2N4O3S/c1-2-5-22-15(25)9-27-13-7-20-23(17(26)16(13)22)8-14(24)21-12-4-3-10(18)6-11(12)19/h2-4,6-7H,1,5,8-9H2,(H,21,24). The fourth-order valence-corrected chi connectivity index (χ4v) is 3.40. The lowest BCUT2D eigenvalue weighted by Crippen LogP contribution is -2.42. The molecule has 0 saturated carbocycles. The summed E-state index contributed by atoms with van der Waals surface area (Å²) in [6.07, 6.45) is 2.89. The Morgan fingerprint density at radius 1 is 1.37 bits per heavy atom. The van der Waals surface area contributed by atoms with Gasteiger partial charge >= 0.3 is 0 Å². The number of carbonyl (C=O) groups is 2. The summed E-state index contributed by atoms with van der Waals surface area (Å²) in [5.41, 5.74) is -0.706. The van der Waals surface area contributed by atoms with E-state index < -0.39 is 29.6 Å². The third-order valence-corrected chi connectivity index (χ3v) is 4.72. The molecule has 0 atom stereocenters. The van der Waals surface area contributed by atoms with Gasteiger partial charge in [-0.3, -0.25) is 14.4 Å². The van der Waals surface area contributed by atoms with Crippen LogP contribution in [0.3, 0.4) is 0 Å². The van der Waals surface area contributed by atoms with E-state index in [-0.39, 0.29) is 29.6 Å². The van der Waals surface area contributed by atoms with Crippen LogP contribution in [0.1, 0.15) is 0 Å². The van der Waals surface area contributed by atoms with Crippen molar-refractivity contribution in [3.05, 3.63) is 59.0 Å². The lowest BCUT2D eigenvalue weighted by molar-refractivity contribution is -0.117. The predicted octanol–water partition coefficient (Wildman–Crippen LogP) is 1.78. The number of nitrogens with one attached hydrogen (secondary N) is 1. The lowest BCUT2D eigenvalue weighted by atomic mass is 10.3. The largest absolute Gasteiger partial charge is 0.322 e. The molecule has 1 N–H and O–H groups in total. The second kappa shape index (κ2) is 7.70. The molecule has 7 nitrogen and oxygen atoms in total. The van der Waals surface area contributed by atoms with Crippen LogP contribution >= 0.6 is 11.8 Å². The monoisotopic (exact) mass is 392 g/mol. The van der Waals surface area contributed by atoms with Crippen LogP contribution in [0.4, 0.5) is 20.2 Å². The number of aromatic nitrogens is 2. The zero-order valence-corrected chi connectivity index (χ0v) is 14.8. The molecule has 1 aromatic carbocycles. The van der Waals surface area contributed by atoms with E-state index in [1.165, 1.54) is 28.9 Å². The number of hydrogen-bond acceptors (Lipinski definition) is 5. The third-order valence-electron chi connectivity index (χ3n) is 3.72. The molecule has 1 aromatic heterocycles. The molecule has 0 fully saturated rings. The van der Waals surface area contributed by atoms with E-state index in [0.29, 0.717) is 11.0 Å². The van der Waals surface area contributed by atoms with Crippen molar-refractivity contribution in [2.24, 2.45) is 0 Å². The Labute approximate surface area is 156 Å². The number of nitrogens with zero attached hydrogens (tertiary/aromatic N) is 3. The molecule has 2 heterocycles. The summed E-state index contributed by atoms with van der Waals surface area (Å²) in [5.74, 6) is -2.51. The average molecular weight is 392 g/mol. The van der Waals surface area contributed by atoms with E-state index >= 15 is 0 Å². The van der Waals surface area contributed by atoms with E-state index in [1.807, 2.05) is 0 Å². The smallest absolute Gasteiger partial charge is 0.292 e. The first-order chi connectivity index (χ1) is 12.9. The molecule has 0 bridgehead atoms. The van der Waals surface area contributed by atoms with Crippen molar-refractivity contribution in [3.8, 4) is 0 Å². The molecule has 1 aliphatic rings. The highest BCUT2D eigenvalue weighted by atomic mass is 32.2. The van der Waals surface area contributed by atoms with Gasteiger partial charge in [-0.25, -0.2) is 13.5 Å². The van der Waals surface area contributed by atoms with Crippen LogP contribution < -0.4 is 15.8 Å². The Hall–Kier alpha value is -3.01. The minimum absolute atomic E-state index is 0.131. The molecule has 0 spiro atoms. The fraction of sp³-hybridized carbons (Fsp3) is 0.176. The third kappa shape index (κ3) is 3.90. The summed E-state index contributed by atoms with van der Waals surface area (Å²) >= 11 is 1.19. The molecule has 0 saturated heterocycles. The quantitative estimate of drug-likeness (QED) is 0.785. The van der Waals surface area contributed by atoms with Crippen molar-refractivity contribution < 1.29 is 18.4 Å². The Balaban J connectivity index is 1.85. The second-order valence-electron chi connectivity index (χ2n) is 5.57. The first kappa shape index (κ1) is 18.8. The van der Waals surface area contributed by atoms with Crippen molar-refractivity contribution in [3.63, 3.8) is 0 Å². The van der Waals surface area contributed by atoms with E-state index in [2.05, 4.69) is 17.0 Å². The molecule has 2 aromatic rings. The van der Waals surface area contributed by atoms with Crippen molar-refractivity contribution in [1.82, 2.24) is 9.78 Å². The number of anilines is 2. The average Bonchev–Trinajstić information content (AvgIpc) is 2.62. The van der Waals surface area contributed by atoms with Crippen molar-refractivity contribution >= 4 is 35.0 Å². The molecule has 0 aliphatic carbocycles. The topological polar surface area (TPSA) is 84.3 Å². The Bertz CT molecular complexity index is 993. The fourth-order valence-electron chi connectivity index (χ4n) is 2.51. The zero-order chi connectivity index (χ0) is 19.6. The molecule has 0 radical (unpaired) electrons. The highest BCUT2D eigenvalue weighted by Crippen LogP contribution is 2.31. The van der Waals surface area contributed by atoms with E-state index in [1.54, 1.807) is 0 Å². The Morgan fingerprint density at radius 2 is 2.15 bits per heavy atom. The van der Waals surface area contributed by atoms with Crippen LogP contribution in [0.15, 0.2) is 46.7 Å². The van der Waals surface area contributed by atoms with Gasteiger partial charge in [0.25, 0.3) is 5.56 Å². The number of amides is 2. The number of rotatable bonds is 5. The van der Waals surface area contributed by atoms with Crippen molar-refractivity contribution in [1.29, 1.82) is 0 Å². The van der Waals surface area contributed by atoms with E-state index in [9.17, 15) is 23.2 Å². The van der Waals surface area contributed by atoms with E-state index in [0.717, 1.165) is 16.8 Å². The van der Waals surface area contributed by atoms with Crippen LogP contribution in [-0.4, -0.2) is 33.9 Å². The number of benzene rings is 1. The molecule has 10 heteroatoms. The van der Waals surface area contributed by atoms with Crippen LogP contribution in [0.5, 0.6) is 0 Å². The minimum atomic E-state index is -0.937. The van der Waals surface area contributed by atoms with Crippen molar-refractivity contribution in [2.45, 2.75) is 11.4 Å². The van der Waals surface area contributed by atoms with Gasteiger partial charge in [0.2, 0.25) is 11.8 Å². The maximum absolute atomic E-state index is 13.6. The molecule has 3 rings (SSSR count). The first-order valence-electron chi connectivity index (χ1n) is 7.79. The molecule has 27 heavy (non-hydrogen) atoms. The summed E-state index contributed by atoms with van der Waals surface area (Å²) in [4.78, 5) is 38.7. The van der Waals surface area contributed by atoms with Crippen molar-refractivity contribution in [2.75, 3.05) is 22.5 Å². The number of fused-ring (bicyclic) bond motifs is 1. The number of carbonyl (C=O) groups excluding carboxylic acids is 2. The summed E-state index contributed by atoms with van der Waals surface area (Å²) in [6, 6.07) is 2.71. The number of hydrogen-bond donors (Lipinski definition) is 1. The molecule has 140 valence electrons. The SMILES string of the molecule is C=CCN1C(=O)CSc2cnn(CC(=O)Nc3ccc(F)cc3F)c(=O)c21. The summed E-state index contributed by atoms with van der Waals surface area (Å²) in [6.45, 7) is 3.23. The Kier molecular flexibility index (Phi) is 5.36. The van der Waals surface area contributed by atoms with Gasteiger partial charge in [-0.1, -0.05) is 6.08 Å². The van der Waals surface area contributed by atoms with Gasteiger partial charge in [-0.05, 0) is 12.1 Å². The normalized spacial score (nSPS) is 13.3. The van der Waals surface area contributed by atoms with Gasteiger partial charge in [0.05, 0.1) is 22.5 Å². The molecular formula is C17H14F2N4O3S. The second-order valence-corrected chi connectivity index (χ2v) is 6.59. The maximum Gasteiger partial charge on any atom is 0.292 e. The zero-order valence-electron chi connectivity index (χ0n) is 13.9. The minimum Gasteiger partial charge on any atom is -0.322 e. The first-order valence-corrected chi connectivity index (χ1v) is 8.78. The maximum atomic E-state index is 13.6. The van der Waals surface area contributed by atoms with Crippen LogP contribution in [0.2, 0.25) is 0 Å². The van der Waals surface area contributed by atoms with Gasteiger partial charge in [0, 0.05) is 12.6 Å². The number of thioether (sulfide) groups is 1. The van der Waals surface area contributed by atoms with Crippen LogP contribution in [-0.2, 0) is 16.1 Å². The van der Waals surface area contributed by atoms with Gasteiger partial charge in [0.1, 0.15) is 23.9 Å².